The maximum Gasteiger partial charge on any atom is 0.416 e. The first-order valence-electron chi connectivity index (χ1n) is 11.8. The molecule has 1 N–H and O–H groups in total. The smallest absolute Gasteiger partial charge is 0.339 e. The largest absolute Gasteiger partial charge is 0.416 e. The molecule has 0 bridgehead atoms. The summed E-state index contributed by atoms with van der Waals surface area (Å²) in [6, 6.07) is 12.6. The highest BCUT2D eigenvalue weighted by Gasteiger charge is 2.33. The molecule has 5 nitrogen and oxygen atoms in total. The zero-order valence-electron chi connectivity index (χ0n) is 19.3. The number of aryl methyl sites for hydroxylation is 1. The van der Waals surface area contributed by atoms with Crippen LogP contribution in [0.15, 0.2) is 48.5 Å². The zero-order chi connectivity index (χ0) is 24.3. The minimum atomic E-state index is -4.41. The van der Waals surface area contributed by atoms with E-state index in [4.69, 9.17) is 0 Å². The first-order valence-corrected chi connectivity index (χ1v) is 11.8. The fraction of sp³-hybridized carbons (Fsp3) is 0.462. The third kappa shape index (κ3) is 5.78. The van der Waals surface area contributed by atoms with Gasteiger partial charge in [0, 0.05) is 36.3 Å². The van der Waals surface area contributed by atoms with Gasteiger partial charge < -0.3 is 15.1 Å². The Bertz CT molecular complexity index is 989. The molecule has 2 aliphatic heterocycles. The Morgan fingerprint density at radius 1 is 0.853 bits per heavy atom. The average Bonchev–Trinajstić information content (AvgIpc) is 2.85. The number of hydrogen-bond donors (Lipinski definition) is 1. The highest BCUT2D eigenvalue weighted by Crippen LogP contribution is 2.30. The summed E-state index contributed by atoms with van der Waals surface area (Å²) in [5.41, 5.74) is 1.51. The van der Waals surface area contributed by atoms with E-state index in [2.05, 4.69) is 10.2 Å². The minimum Gasteiger partial charge on any atom is -0.339 e. The van der Waals surface area contributed by atoms with E-state index in [1.54, 1.807) is 4.90 Å². The van der Waals surface area contributed by atoms with E-state index in [9.17, 15) is 22.8 Å². The lowest BCUT2D eigenvalue weighted by molar-refractivity contribution is -0.137. The second kappa shape index (κ2) is 10.2. The number of nitrogens with one attached hydrogen (secondary N) is 1. The van der Waals surface area contributed by atoms with Crippen LogP contribution in [-0.4, -0.2) is 53.8 Å². The molecule has 0 unspecified atom stereocenters. The third-order valence-electron chi connectivity index (χ3n) is 6.95. The number of halogens is 3. The van der Waals surface area contributed by atoms with Gasteiger partial charge in [0.25, 0.3) is 5.91 Å². The van der Waals surface area contributed by atoms with Gasteiger partial charge in [0.2, 0.25) is 5.91 Å². The van der Waals surface area contributed by atoms with Crippen molar-refractivity contribution in [1.29, 1.82) is 0 Å². The number of piperidine rings is 2. The third-order valence-corrected chi connectivity index (χ3v) is 6.95. The molecule has 2 aromatic rings. The SMILES string of the molecule is Cc1ccc(NC(=O)C2CCN(C3CCN(C(=O)c4ccc(C(F)(F)F)cc4)CC3)CC2)cc1. The molecule has 0 aliphatic carbocycles. The van der Waals surface area contributed by atoms with Crippen molar-refractivity contribution in [1.82, 2.24) is 9.80 Å². The number of nitrogens with zero attached hydrogens (tertiary/aromatic N) is 2. The Labute approximate surface area is 197 Å². The standard InChI is InChI=1S/C26H30F3N3O2/c1-18-2-8-22(9-3-18)30-24(33)19-10-14-31(15-11-19)23-12-16-32(17-13-23)25(34)20-4-6-21(7-5-20)26(27,28)29/h2-9,19,23H,10-17H2,1H3,(H,30,33). The highest BCUT2D eigenvalue weighted by atomic mass is 19.4. The Morgan fingerprint density at radius 2 is 1.44 bits per heavy atom. The van der Waals surface area contributed by atoms with E-state index in [0.29, 0.717) is 19.1 Å². The average molecular weight is 474 g/mol. The number of anilines is 1. The Balaban J connectivity index is 1.23. The summed E-state index contributed by atoms with van der Waals surface area (Å²) < 4.78 is 38.3. The van der Waals surface area contributed by atoms with Crippen molar-refractivity contribution in [3.05, 3.63) is 65.2 Å². The molecule has 2 amide bonds. The molecule has 2 heterocycles. The van der Waals surface area contributed by atoms with E-state index in [0.717, 1.165) is 62.2 Å². The van der Waals surface area contributed by atoms with Crippen molar-refractivity contribution in [2.24, 2.45) is 5.92 Å². The van der Waals surface area contributed by atoms with Gasteiger partial charge in [-0.15, -0.1) is 0 Å². The van der Waals surface area contributed by atoms with Crippen LogP contribution in [0.25, 0.3) is 0 Å². The summed E-state index contributed by atoms with van der Waals surface area (Å²) in [7, 11) is 0. The summed E-state index contributed by atoms with van der Waals surface area (Å²) in [4.78, 5) is 29.5. The number of rotatable bonds is 4. The predicted molar refractivity (Wildman–Crippen MR) is 124 cm³/mol. The van der Waals surface area contributed by atoms with Gasteiger partial charge >= 0.3 is 6.18 Å². The molecule has 4 rings (SSSR count). The van der Waals surface area contributed by atoms with Crippen LogP contribution in [0.2, 0.25) is 0 Å². The maximum absolute atomic E-state index is 12.8. The second-order valence-corrected chi connectivity index (χ2v) is 9.26. The van der Waals surface area contributed by atoms with Crippen LogP contribution < -0.4 is 5.32 Å². The van der Waals surface area contributed by atoms with Crippen LogP contribution in [0.4, 0.5) is 18.9 Å². The molecule has 2 aromatic carbocycles. The van der Waals surface area contributed by atoms with E-state index < -0.39 is 11.7 Å². The van der Waals surface area contributed by atoms with Gasteiger partial charge in [0.1, 0.15) is 0 Å². The number of amides is 2. The molecule has 182 valence electrons. The summed E-state index contributed by atoms with van der Waals surface area (Å²) in [5, 5.41) is 3.01. The first kappa shape index (κ1) is 24.3. The molecule has 2 fully saturated rings. The Morgan fingerprint density at radius 3 is 2.00 bits per heavy atom. The Kier molecular flexibility index (Phi) is 7.26. The van der Waals surface area contributed by atoms with Gasteiger partial charge in [0.05, 0.1) is 5.56 Å². The lowest BCUT2D eigenvalue weighted by atomic mass is 9.92. The van der Waals surface area contributed by atoms with Crippen molar-refractivity contribution < 1.29 is 22.8 Å². The van der Waals surface area contributed by atoms with Crippen molar-refractivity contribution >= 4 is 17.5 Å². The van der Waals surface area contributed by atoms with Gasteiger partial charge in [0.15, 0.2) is 0 Å². The van der Waals surface area contributed by atoms with Gasteiger partial charge in [-0.05, 0) is 82.1 Å². The van der Waals surface area contributed by atoms with Crippen LogP contribution in [0.3, 0.4) is 0 Å². The quantitative estimate of drug-likeness (QED) is 0.682. The molecule has 34 heavy (non-hydrogen) atoms. The van der Waals surface area contributed by atoms with Crippen LogP contribution in [0, 0.1) is 12.8 Å². The molecule has 0 spiro atoms. The highest BCUT2D eigenvalue weighted by molar-refractivity contribution is 5.94. The molecule has 8 heteroatoms. The van der Waals surface area contributed by atoms with Gasteiger partial charge in [-0.3, -0.25) is 9.59 Å². The molecular formula is C26H30F3N3O2. The van der Waals surface area contributed by atoms with E-state index >= 15 is 0 Å². The minimum absolute atomic E-state index is 0.00103. The normalized spacial score (nSPS) is 18.6. The van der Waals surface area contributed by atoms with Gasteiger partial charge in [-0.1, -0.05) is 17.7 Å². The molecule has 0 aromatic heterocycles. The summed E-state index contributed by atoms with van der Waals surface area (Å²) >= 11 is 0. The fourth-order valence-corrected chi connectivity index (χ4v) is 4.83. The predicted octanol–water partition coefficient (Wildman–Crippen LogP) is 4.97. The zero-order valence-corrected chi connectivity index (χ0v) is 19.3. The number of hydrogen-bond acceptors (Lipinski definition) is 3. The topological polar surface area (TPSA) is 52.7 Å². The van der Waals surface area contributed by atoms with Crippen molar-refractivity contribution in [2.75, 3.05) is 31.5 Å². The lowest BCUT2D eigenvalue weighted by Gasteiger charge is -2.41. The lowest BCUT2D eigenvalue weighted by Crippen LogP contribution is -2.49. The summed E-state index contributed by atoms with van der Waals surface area (Å²) in [6.45, 7) is 4.88. The van der Waals surface area contributed by atoms with Gasteiger partial charge in [-0.25, -0.2) is 0 Å². The number of carbonyl (C=O) groups excluding carboxylic acids is 2. The first-order chi connectivity index (χ1) is 16.2. The summed E-state index contributed by atoms with van der Waals surface area (Å²) in [5.74, 6) is -0.155. The van der Waals surface area contributed by atoms with E-state index in [1.807, 2.05) is 31.2 Å². The molecular weight excluding hydrogens is 443 g/mol. The van der Waals surface area contributed by atoms with Crippen LogP contribution in [0.5, 0.6) is 0 Å². The van der Waals surface area contributed by atoms with Crippen molar-refractivity contribution in [2.45, 2.75) is 44.8 Å². The molecule has 2 saturated heterocycles. The van der Waals surface area contributed by atoms with Crippen LogP contribution >= 0.6 is 0 Å². The number of carbonyl (C=O) groups is 2. The van der Waals surface area contributed by atoms with E-state index in [1.165, 1.54) is 12.1 Å². The van der Waals surface area contributed by atoms with Crippen molar-refractivity contribution in [3.8, 4) is 0 Å². The van der Waals surface area contributed by atoms with Crippen molar-refractivity contribution in [3.63, 3.8) is 0 Å². The van der Waals surface area contributed by atoms with E-state index in [-0.39, 0.29) is 23.3 Å². The molecule has 0 saturated carbocycles. The molecule has 2 aliphatic rings. The molecule has 0 atom stereocenters. The monoisotopic (exact) mass is 473 g/mol. The number of alkyl halides is 3. The Hall–Kier alpha value is -2.87. The van der Waals surface area contributed by atoms with Gasteiger partial charge in [-0.2, -0.15) is 13.2 Å². The van der Waals surface area contributed by atoms with Crippen LogP contribution in [-0.2, 0) is 11.0 Å². The maximum atomic E-state index is 12.8. The number of benzene rings is 2. The molecule has 0 radical (unpaired) electrons. The van der Waals surface area contributed by atoms with Crippen LogP contribution in [0.1, 0.15) is 47.2 Å². The summed E-state index contributed by atoms with van der Waals surface area (Å²) in [6.07, 6.45) is -1.14. The fourth-order valence-electron chi connectivity index (χ4n) is 4.83. The number of likely N-dealkylation sites (tertiary alicyclic amines) is 2. The second-order valence-electron chi connectivity index (χ2n) is 9.26.